The number of phenolic OH excluding ortho intramolecular Hbond substituents is 4. The normalized spacial score (nSPS) is 14.5. The molecule has 2 unspecified atom stereocenters. The van der Waals surface area contributed by atoms with E-state index in [-0.39, 0.29) is 11.3 Å². The Labute approximate surface area is 195 Å². The molecule has 0 saturated carbocycles. The molecule has 0 heterocycles. The molecule has 0 aliphatic heterocycles. The number of carbonyl (C=O) groups excluding carboxylic acids is 2. The van der Waals surface area contributed by atoms with Crippen LogP contribution in [-0.4, -0.2) is 75.9 Å². The number of allylic oxidation sites excluding steroid dienone is 1. The largest absolute Gasteiger partial charge is 0.508 e. The third kappa shape index (κ3) is 4.60. The lowest BCUT2D eigenvalue weighted by molar-refractivity contribution is -0.187. The Hall–Kier alpha value is -4.91. The van der Waals surface area contributed by atoms with Crippen molar-refractivity contribution in [2.45, 2.75) is 12.0 Å². The summed E-state index contributed by atoms with van der Waals surface area (Å²) in [4.78, 5) is 62.3. The van der Waals surface area contributed by atoms with Crippen LogP contribution in [0.25, 0.3) is 6.08 Å². The van der Waals surface area contributed by atoms with Crippen molar-refractivity contribution >= 4 is 35.6 Å². The number of hydrogen-bond acceptors (Lipinski definition) is 10. The van der Waals surface area contributed by atoms with E-state index in [1.807, 2.05) is 0 Å². The van der Waals surface area contributed by atoms with Crippen molar-refractivity contribution in [1.29, 1.82) is 0 Å². The Morgan fingerprint density at radius 1 is 0.800 bits per heavy atom. The van der Waals surface area contributed by atoms with Gasteiger partial charge >= 0.3 is 17.9 Å². The highest BCUT2D eigenvalue weighted by Gasteiger charge is 2.70. The van der Waals surface area contributed by atoms with Crippen molar-refractivity contribution < 1.29 is 64.8 Å². The monoisotopic (exact) mass is 490 g/mol. The first-order chi connectivity index (χ1) is 16.2. The molecule has 0 fully saturated rings. The van der Waals surface area contributed by atoms with Gasteiger partial charge in [0.25, 0.3) is 0 Å². The smallest absolute Gasteiger partial charge is 0.338 e. The van der Waals surface area contributed by atoms with Gasteiger partial charge in [-0.05, 0) is 35.9 Å². The van der Waals surface area contributed by atoms with Gasteiger partial charge in [0.05, 0.1) is 6.42 Å². The molecule has 2 aromatic rings. The summed E-state index contributed by atoms with van der Waals surface area (Å²) < 4.78 is 0. The second-order valence-electron chi connectivity index (χ2n) is 7.27. The Morgan fingerprint density at radius 3 is 1.74 bits per heavy atom. The molecule has 8 N–H and O–H groups in total. The van der Waals surface area contributed by atoms with Crippen molar-refractivity contribution in [2.24, 2.45) is 5.41 Å². The minimum atomic E-state index is -4.07. The first kappa shape index (κ1) is 26.3. The maximum Gasteiger partial charge on any atom is 0.338 e. The maximum atomic E-state index is 13.4. The van der Waals surface area contributed by atoms with E-state index in [1.165, 1.54) is 24.3 Å². The minimum Gasteiger partial charge on any atom is -0.508 e. The fourth-order valence-corrected chi connectivity index (χ4v) is 3.30. The van der Waals surface area contributed by atoms with E-state index in [2.05, 4.69) is 0 Å². The van der Waals surface area contributed by atoms with Crippen LogP contribution in [0.2, 0.25) is 0 Å². The molecule has 184 valence electrons. The number of aliphatic hydroxyl groups is 1. The van der Waals surface area contributed by atoms with Crippen LogP contribution in [0.5, 0.6) is 23.0 Å². The highest BCUT2D eigenvalue weighted by Crippen LogP contribution is 2.43. The van der Waals surface area contributed by atoms with Gasteiger partial charge < -0.3 is 40.9 Å². The molecule has 0 saturated heterocycles. The summed E-state index contributed by atoms with van der Waals surface area (Å²) in [6, 6.07) is 5.63. The Morgan fingerprint density at radius 2 is 1.31 bits per heavy atom. The number of carboxylic acids is 3. The molecule has 2 rings (SSSR count). The summed E-state index contributed by atoms with van der Waals surface area (Å²) in [5.74, 6) is -14.7. The van der Waals surface area contributed by atoms with Crippen LogP contribution in [0, 0.1) is 5.41 Å². The highest BCUT2D eigenvalue weighted by atomic mass is 16.4. The van der Waals surface area contributed by atoms with Gasteiger partial charge in [0.2, 0.25) is 11.0 Å². The zero-order valence-electron chi connectivity index (χ0n) is 17.4. The number of phenols is 4. The summed E-state index contributed by atoms with van der Waals surface area (Å²) in [7, 11) is 0. The molecule has 0 aliphatic carbocycles. The zero-order chi connectivity index (χ0) is 26.7. The van der Waals surface area contributed by atoms with Crippen LogP contribution in [0.1, 0.15) is 22.3 Å². The number of aromatic hydroxyl groups is 4. The average molecular weight is 490 g/mol. The topological polar surface area (TPSA) is 247 Å². The highest BCUT2D eigenvalue weighted by molar-refractivity contribution is 6.33. The summed E-state index contributed by atoms with van der Waals surface area (Å²) >= 11 is 0. The second-order valence-corrected chi connectivity index (χ2v) is 7.27. The summed E-state index contributed by atoms with van der Waals surface area (Å²) in [5.41, 5.74) is -9.00. The molecule has 0 spiro atoms. The molecule has 0 aromatic heterocycles. The molecule has 2 aromatic carbocycles. The summed E-state index contributed by atoms with van der Waals surface area (Å²) in [6.07, 6.45) is -0.606. The zero-order valence-corrected chi connectivity index (χ0v) is 17.4. The van der Waals surface area contributed by atoms with E-state index in [0.717, 1.165) is 6.08 Å². The molecule has 13 nitrogen and oxygen atoms in total. The van der Waals surface area contributed by atoms with Crippen LogP contribution < -0.4 is 0 Å². The molecule has 0 aliphatic rings. The molecule has 0 bridgehead atoms. The number of carboxylic acid groups (broad SMARTS) is 3. The van der Waals surface area contributed by atoms with E-state index in [9.17, 15) is 59.7 Å². The van der Waals surface area contributed by atoms with Gasteiger partial charge in [-0.1, -0.05) is 18.2 Å². The predicted octanol–water partition coefficient (Wildman–Crippen LogP) is 0.336. The quantitative estimate of drug-likeness (QED) is 0.0969. The number of rotatable bonds is 10. The van der Waals surface area contributed by atoms with E-state index in [4.69, 9.17) is 5.11 Å². The Bertz CT molecular complexity index is 1220. The number of ketones is 2. The molecule has 2 atom stereocenters. The lowest BCUT2D eigenvalue weighted by Gasteiger charge is -2.37. The van der Waals surface area contributed by atoms with E-state index in [1.54, 1.807) is 0 Å². The summed E-state index contributed by atoms with van der Waals surface area (Å²) in [6.45, 7) is 0. The van der Waals surface area contributed by atoms with Gasteiger partial charge in [0.15, 0.2) is 28.8 Å². The Kier molecular flexibility index (Phi) is 7.17. The van der Waals surface area contributed by atoms with Gasteiger partial charge in [-0.3, -0.25) is 19.2 Å². The first-order valence-electron chi connectivity index (χ1n) is 9.40. The van der Waals surface area contributed by atoms with Crippen LogP contribution >= 0.6 is 0 Å². The van der Waals surface area contributed by atoms with Crippen molar-refractivity contribution in [3.8, 4) is 23.0 Å². The molecule has 35 heavy (non-hydrogen) atoms. The minimum absolute atomic E-state index is 0.153. The number of hydrogen-bond donors (Lipinski definition) is 8. The van der Waals surface area contributed by atoms with Gasteiger partial charge in [0.1, 0.15) is 5.75 Å². The predicted molar refractivity (Wildman–Crippen MR) is 113 cm³/mol. The van der Waals surface area contributed by atoms with Crippen molar-refractivity contribution in [3.63, 3.8) is 0 Å². The lowest BCUT2D eigenvalue weighted by Crippen LogP contribution is -2.66. The van der Waals surface area contributed by atoms with E-state index < -0.39 is 69.7 Å². The van der Waals surface area contributed by atoms with Crippen LogP contribution in [0.3, 0.4) is 0 Å². The second kappa shape index (κ2) is 9.52. The number of benzene rings is 2. The van der Waals surface area contributed by atoms with Crippen molar-refractivity contribution in [1.82, 2.24) is 0 Å². The van der Waals surface area contributed by atoms with Gasteiger partial charge in [0, 0.05) is 5.56 Å². The average Bonchev–Trinajstić information content (AvgIpc) is 2.76. The lowest BCUT2D eigenvalue weighted by atomic mass is 9.62. The molecular formula is C22H18O13. The number of carbonyl (C=O) groups is 5. The SMILES string of the molecule is O=C(O)CC(O)(C(=O)O)C(C(=O)O)(C(=O)/C=C/c1ccc(O)cc1)C(=O)c1cc(O)c(O)c(O)c1. The van der Waals surface area contributed by atoms with Crippen molar-refractivity contribution in [3.05, 3.63) is 53.6 Å². The number of aliphatic carboxylic acids is 3. The fourth-order valence-electron chi connectivity index (χ4n) is 3.30. The van der Waals surface area contributed by atoms with E-state index in [0.29, 0.717) is 18.2 Å². The van der Waals surface area contributed by atoms with Gasteiger partial charge in [-0.2, -0.15) is 0 Å². The van der Waals surface area contributed by atoms with Crippen LogP contribution in [0.15, 0.2) is 42.5 Å². The van der Waals surface area contributed by atoms with Crippen LogP contribution in [-0.2, 0) is 19.2 Å². The molecule has 13 heteroatoms. The fraction of sp³-hybridized carbons (Fsp3) is 0.136. The van der Waals surface area contributed by atoms with Gasteiger partial charge in [-0.15, -0.1) is 0 Å². The molecular weight excluding hydrogens is 472 g/mol. The first-order valence-corrected chi connectivity index (χ1v) is 9.40. The molecule has 0 amide bonds. The third-order valence-electron chi connectivity index (χ3n) is 5.06. The maximum absolute atomic E-state index is 13.4. The summed E-state index contributed by atoms with van der Waals surface area (Å²) in [5, 5.41) is 77.7. The standard InChI is InChI=1S/C22H18O13/c23-12-4-1-10(2-5-12)3-6-15(26)22(20(33)34,21(35,19(31)32)9-16(27)28)18(30)11-7-13(24)17(29)14(25)8-11/h1-8,23-25,29,35H,9H2,(H,27,28)(H,31,32)(H,33,34)/b6-3+. The number of Topliss-reactive ketones (excluding diaryl/α,β-unsaturated/α-hetero) is 1. The van der Waals surface area contributed by atoms with Gasteiger partial charge in [-0.25, -0.2) is 4.79 Å². The van der Waals surface area contributed by atoms with Crippen LogP contribution in [0.4, 0.5) is 0 Å². The third-order valence-corrected chi connectivity index (χ3v) is 5.06. The Balaban J connectivity index is 2.87. The van der Waals surface area contributed by atoms with E-state index >= 15 is 0 Å². The molecule has 0 radical (unpaired) electrons. The van der Waals surface area contributed by atoms with Crippen molar-refractivity contribution in [2.75, 3.05) is 0 Å².